The fraction of sp³-hybridized carbons (Fsp3) is 0.625. The number of thioether (sulfide) groups is 1. The SMILES string of the molecule is c1ccc2c(c1)CC(COCC1CCCCC1)S2. The van der Waals surface area contributed by atoms with Crippen molar-refractivity contribution in [3.05, 3.63) is 29.8 Å². The minimum Gasteiger partial charge on any atom is -0.380 e. The molecule has 3 rings (SSSR count). The molecule has 1 aromatic rings. The molecule has 0 spiro atoms. The van der Waals surface area contributed by atoms with E-state index in [0.29, 0.717) is 5.25 Å². The third-order valence-electron chi connectivity index (χ3n) is 4.10. The average molecular weight is 262 g/mol. The van der Waals surface area contributed by atoms with Crippen molar-refractivity contribution in [2.45, 2.75) is 48.7 Å². The molecular weight excluding hydrogens is 240 g/mol. The molecule has 0 N–H and O–H groups in total. The Morgan fingerprint density at radius 2 is 1.89 bits per heavy atom. The van der Waals surface area contributed by atoms with Gasteiger partial charge in [0.15, 0.2) is 0 Å². The van der Waals surface area contributed by atoms with E-state index in [0.717, 1.165) is 19.1 Å². The Bertz CT molecular complexity index is 359. The first-order valence-corrected chi connectivity index (χ1v) is 8.12. The smallest absolute Gasteiger partial charge is 0.0591 e. The minimum atomic E-state index is 0.644. The molecule has 1 heterocycles. The predicted molar refractivity (Wildman–Crippen MR) is 77.2 cm³/mol. The van der Waals surface area contributed by atoms with Crippen LogP contribution >= 0.6 is 11.8 Å². The summed E-state index contributed by atoms with van der Waals surface area (Å²) in [7, 11) is 0. The molecule has 18 heavy (non-hydrogen) atoms. The molecule has 0 saturated heterocycles. The van der Waals surface area contributed by atoms with E-state index in [1.807, 2.05) is 11.8 Å². The van der Waals surface area contributed by atoms with Crippen molar-refractivity contribution in [2.75, 3.05) is 13.2 Å². The number of benzene rings is 1. The minimum absolute atomic E-state index is 0.644. The van der Waals surface area contributed by atoms with Gasteiger partial charge in [0.25, 0.3) is 0 Å². The molecule has 0 aromatic heterocycles. The van der Waals surface area contributed by atoms with Gasteiger partial charge in [-0.15, -0.1) is 11.8 Å². The number of hydrogen-bond acceptors (Lipinski definition) is 2. The number of hydrogen-bond donors (Lipinski definition) is 0. The molecule has 0 bridgehead atoms. The highest BCUT2D eigenvalue weighted by Gasteiger charge is 2.22. The molecular formula is C16H22OS. The third kappa shape index (κ3) is 3.10. The van der Waals surface area contributed by atoms with Crippen molar-refractivity contribution in [1.82, 2.24) is 0 Å². The molecule has 1 nitrogen and oxygen atoms in total. The van der Waals surface area contributed by atoms with Crippen LogP contribution in [-0.2, 0) is 11.2 Å². The van der Waals surface area contributed by atoms with E-state index in [1.165, 1.54) is 49.0 Å². The largest absolute Gasteiger partial charge is 0.380 e. The summed E-state index contributed by atoms with van der Waals surface area (Å²) < 4.78 is 5.97. The van der Waals surface area contributed by atoms with Gasteiger partial charge in [-0.05, 0) is 36.8 Å². The molecule has 2 aliphatic rings. The number of ether oxygens (including phenoxy) is 1. The van der Waals surface area contributed by atoms with Crippen LogP contribution in [0.3, 0.4) is 0 Å². The standard InChI is InChI=1S/C16H22OS/c1-2-6-13(7-3-1)11-17-12-15-10-14-8-4-5-9-16(14)18-15/h4-5,8-9,13,15H,1-3,6-7,10-12H2. The Balaban J connectivity index is 1.40. The summed E-state index contributed by atoms with van der Waals surface area (Å²) in [6.45, 7) is 1.92. The highest BCUT2D eigenvalue weighted by Crippen LogP contribution is 2.36. The van der Waals surface area contributed by atoms with E-state index in [1.54, 1.807) is 0 Å². The lowest BCUT2D eigenvalue weighted by molar-refractivity contribution is 0.0866. The Hall–Kier alpha value is -0.470. The first kappa shape index (κ1) is 12.6. The summed E-state index contributed by atoms with van der Waals surface area (Å²) in [5.74, 6) is 0.840. The normalized spacial score (nSPS) is 24.1. The molecule has 1 fully saturated rings. The predicted octanol–water partition coefficient (Wildman–Crippen LogP) is 4.30. The lowest BCUT2D eigenvalue weighted by Gasteiger charge is -2.22. The zero-order valence-corrected chi connectivity index (χ0v) is 11.8. The highest BCUT2D eigenvalue weighted by atomic mass is 32.2. The van der Waals surface area contributed by atoms with Crippen LogP contribution in [0.2, 0.25) is 0 Å². The molecule has 1 atom stereocenters. The lowest BCUT2D eigenvalue weighted by Crippen LogP contribution is -2.18. The second kappa shape index (κ2) is 6.12. The van der Waals surface area contributed by atoms with Gasteiger partial charge in [-0.3, -0.25) is 0 Å². The van der Waals surface area contributed by atoms with Crippen LogP contribution in [0, 0.1) is 5.92 Å². The fourth-order valence-electron chi connectivity index (χ4n) is 3.07. The van der Waals surface area contributed by atoms with Gasteiger partial charge in [0, 0.05) is 16.8 Å². The number of fused-ring (bicyclic) bond motifs is 1. The first-order chi connectivity index (χ1) is 8.92. The van der Waals surface area contributed by atoms with Gasteiger partial charge in [0.2, 0.25) is 0 Å². The summed E-state index contributed by atoms with van der Waals surface area (Å²) in [6.07, 6.45) is 8.22. The van der Waals surface area contributed by atoms with E-state index in [2.05, 4.69) is 24.3 Å². The highest BCUT2D eigenvalue weighted by molar-refractivity contribution is 8.00. The molecule has 1 unspecified atom stereocenters. The Kier molecular flexibility index (Phi) is 4.27. The van der Waals surface area contributed by atoms with E-state index < -0.39 is 0 Å². The van der Waals surface area contributed by atoms with Gasteiger partial charge in [-0.25, -0.2) is 0 Å². The molecule has 0 radical (unpaired) electrons. The molecule has 1 aliphatic carbocycles. The van der Waals surface area contributed by atoms with E-state index in [9.17, 15) is 0 Å². The zero-order chi connectivity index (χ0) is 12.2. The Morgan fingerprint density at radius 3 is 2.72 bits per heavy atom. The third-order valence-corrected chi connectivity index (χ3v) is 5.38. The van der Waals surface area contributed by atoms with Gasteiger partial charge >= 0.3 is 0 Å². The Labute approximate surface area is 114 Å². The van der Waals surface area contributed by atoms with Gasteiger partial charge in [-0.1, -0.05) is 37.5 Å². The van der Waals surface area contributed by atoms with Crippen LogP contribution in [0.5, 0.6) is 0 Å². The maximum atomic E-state index is 5.97. The van der Waals surface area contributed by atoms with E-state index in [-0.39, 0.29) is 0 Å². The van der Waals surface area contributed by atoms with E-state index >= 15 is 0 Å². The van der Waals surface area contributed by atoms with Crippen LogP contribution in [0.1, 0.15) is 37.7 Å². The second-order valence-electron chi connectivity index (χ2n) is 5.59. The van der Waals surface area contributed by atoms with Gasteiger partial charge in [0.05, 0.1) is 6.61 Å². The van der Waals surface area contributed by atoms with Gasteiger partial charge < -0.3 is 4.74 Å². The van der Waals surface area contributed by atoms with Gasteiger partial charge in [-0.2, -0.15) is 0 Å². The topological polar surface area (TPSA) is 9.23 Å². The van der Waals surface area contributed by atoms with Crippen molar-refractivity contribution in [2.24, 2.45) is 5.92 Å². The quantitative estimate of drug-likeness (QED) is 0.800. The maximum Gasteiger partial charge on any atom is 0.0591 e. The summed E-state index contributed by atoms with van der Waals surface area (Å²) >= 11 is 2.00. The average Bonchev–Trinajstić information content (AvgIpc) is 2.82. The van der Waals surface area contributed by atoms with E-state index in [4.69, 9.17) is 4.74 Å². The lowest BCUT2D eigenvalue weighted by atomic mass is 9.90. The molecule has 1 aliphatic heterocycles. The Morgan fingerprint density at radius 1 is 1.06 bits per heavy atom. The van der Waals surface area contributed by atoms with Crippen molar-refractivity contribution < 1.29 is 4.74 Å². The van der Waals surface area contributed by atoms with Crippen LogP contribution in [0.4, 0.5) is 0 Å². The van der Waals surface area contributed by atoms with Crippen LogP contribution in [0.25, 0.3) is 0 Å². The fourth-order valence-corrected chi connectivity index (χ4v) is 4.31. The second-order valence-corrected chi connectivity index (χ2v) is 6.94. The van der Waals surface area contributed by atoms with Crippen LogP contribution < -0.4 is 0 Å². The molecule has 0 amide bonds. The zero-order valence-electron chi connectivity index (χ0n) is 10.9. The molecule has 1 saturated carbocycles. The summed E-state index contributed by atoms with van der Waals surface area (Å²) in [5, 5.41) is 0.644. The summed E-state index contributed by atoms with van der Waals surface area (Å²) in [4.78, 5) is 1.46. The van der Waals surface area contributed by atoms with Crippen LogP contribution in [0.15, 0.2) is 29.2 Å². The van der Waals surface area contributed by atoms with Gasteiger partial charge in [0.1, 0.15) is 0 Å². The monoisotopic (exact) mass is 262 g/mol. The van der Waals surface area contributed by atoms with Crippen molar-refractivity contribution in [3.8, 4) is 0 Å². The molecule has 2 heteroatoms. The first-order valence-electron chi connectivity index (χ1n) is 7.24. The summed E-state index contributed by atoms with van der Waals surface area (Å²) in [6, 6.07) is 8.77. The van der Waals surface area contributed by atoms with Crippen molar-refractivity contribution in [1.29, 1.82) is 0 Å². The van der Waals surface area contributed by atoms with Crippen LogP contribution in [-0.4, -0.2) is 18.5 Å². The number of rotatable bonds is 4. The van der Waals surface area contributed by atoms with Crippen molar-refractivity contribution in [3.63, 3.8) is 0 Å². The van der Waals surface area contributed by atoms with Crippen molar-refractivity contribution >= 4 is 11.8 Å². The maximum absolute atomic E-state index is 5.97. The molecule has 1 aromatic carbocycles. The summed E-state index contributed by atoms with van der Waals surface area (Å²) in [5.41, 5.74) is 1.51. The molecule has 98 valence electrons.